The molecular weight excluding hydrogens is 164 g/mol. The zero-order valence-corrected chi connectivity index (χ0v) is 8.68. The van der Waals surface area contributed by atoms with Crippen molar-refractivity contribution in [2.75, 3.05) is 19.8 Å². The van der Waals surface area contributed by atoms with Crippen molar-refractivity contribution in [1.82, 2.24) is 10.2 Å². The van der Waals surface area contributed by atoms with Gasteiger partial charge in [0.05, 0.1) is 6.67 Å². The molecule has 0 radical (unpaired) electrons. The first-order valence-corrected chi connectivity index (χ1v) is 4.87. The Labute approximate surface area is 80.8 Å². The Morgan fingerprint density at radius 2 is 1.92 bits per heavy atom. The third kappa shape index (κ3) is 6.34. The van der Waals surface area contributed by atoms with Crippen LogP contribution in [0.4, 0.5) is 0 Å². The van der Waals surface area contributed by atoms with Gasteiger partial charge in [0.15, 0.2) is 0 Å². The molecule has 0 saturated carbocycles. The van der Waals surface area contributed by atoms with Gasteiger partial charge in [-0.15, -0.1) is 0 Å². The van der Waals surface area contributed by atoms with Crippen LogP contribution in [0.15, 0.2) is 12.7 Å². The lowest BCUT2D eigenvalue weighted by Gasteiger charge is -2.20. The number of nitrogens with one attached hydrogen (secondary N) is 1. The molecule has 1 amide bonds. The smallest absolute Gasteiger partial charge is 0.244 e. The number of hydrogen-bond donors (Lipinski definition) is 1. The van der Waals surface area contributed by atoms with Gasteiger partial charge < -0.3 is 5.32 Å². The molecule has 76 valence electrons. The SMILES string of the molecule is C=CC(=O)NCN(CCC)CCC. The van der Waals surface area contributed by atoms with E-state index in [-0.39, 0.29) is 5.91 Å². The molecule has 0 aromatic rings. The van der Waals surface area contributed by atoms with Crippen LogP contribution in [0, 0.1) is 0 Å². The minimum absolute atomic E-state index is 0.0998. The van der Waals surface area contributed by atoms with Crippen LogP contribution in [-0.2, 0) is 4.79 Å². The van der Waals surface area contributed by atoms with E-state index in [1.165, 1.54) is 6.08 Å². The van der Waals surface area contributed by atoms with Crippen molar-refractivity contribution >= 4 is 5.91 Å². The van der Waals surface area contributed by atoms with E-state index in [0.29, 0.717) is 6.67 Å². The highest BCUT2D eigenvalue weighted by atomic mass is 16.1. The third-order valence-corrected chi connectivity index (χ3v) is 1.74. The number of hydrogen-bond acceptors (Lipinski definition) is 2. The predicted molar refractivity (Wildman–Crippen MR) is 55.4 cm³/mol. The van der Waals surface area contributed by atoms with Crippen LogP contribution < -0.4 is 5.32 Å². The molecule has 0 atom stereocenters. The Morgan fingerprint density at radius 1 is 1.38 bits per heavy atom. The van der Waals surface area contributed by atoms with Gasteiger partial charge in [0.25, 0.3) is 0 Å². The molecule has 0 unspecified atom stereocenters. The molecule has 1 N–H and O–H groups in total. The molecule has 0 heterocycles. The van der Waals surface area contributed by atoms with Crippen LogP contribution in [0.1, 0.15) is 26.7 Å². The van der Waals surface area contributed by atoms with E-state index < -0.39 is 0 Å². The molecule has 0 aromatic carbocycles. The van der Waals surface area contributed by atoms with Crippen molar-refractivity contribution < 1.29 is 4.79 Å². The summed E-state index contributed by atoms with van der Waals surface area (Å²) in [6.07, 6.45) is 3.53. The Morgan fingerprint density at radius 3 is 2.31 bits per heavy atom. The molecule has 0 aliphatic carbocycles. The molecule has 3 heteroatoms. The average molecular weight is 184 g/mol. The topological polar surface area (TPSA) is 32.3 Å². The fourth-order valence-electron chi connectivity index (χ4n) is 1.16. The lowest BCUT2D eigenvalue weighted by Crippen LogP contribution is -2.37. The predicted octanol–water partition coefficient (Wildman–Crippen LogP) is 1.37. The lowest BCUT2D eigenvalue weighted by molar-refractivity contribution is -0.117. The summed E-state index contributed by atoms with van der Waals surface area (Å²) in [6.45, 7) is 10.4. The maximum absolute atomic E-state index is 10.9. The maximum Gasteiger partial charge on any atom is 0.244 e. The summed E-state index contributed by atoms with van der Waals surface area (Å²) in [6, 6.07) is 0. The van der Waals surface area contributed by atoms with Gasteiger partial charge in [-0.2, -0.15) is 0 Å². The summed E-state index contributed by atoms with van der Waals surface area (Å²) in [5.74, 6) is -0.0998. The number of rotatable bonds is 7. The van der Waals surface area contributed by atoms with Crippen LogP contribution in [0.3, 0.4) is 0 Å². The summed E-state index contributed by atoms with van der Waals surface area (Å²) in [5.41, 5.74) is 0. The van der Waals surface area contributed by atoms with Gasteiger partial charge in [-0.3, -0.25) is 9.69 Å². The summed E-state index contributed by atoms with van der Waals surface area (Å²) in [7, 11) is 0. The number of amides is 1. The molecule has 13 heavy (non-hydrogen) atoms. The average Bonchev–Trinajstić information content (AvgIpc) is 2.14. The van der Waals surface area contributed by atoms with Crippen molar-refractivity contribution in [2.24, 2.45) is 0 Å². The molecule has 0 fully saturated rings. The highest BCUT2D eigenvalue weighted by molar-refractivity contribution is 5.86. The van der Waals surface area contributed by atoms with Crippen molar-refractivity contribution in [2.45, 2.75) is 26.7 Å². The van der Waals surface area contributed by atoms with E-state index in [4.69, 9.17) is 0 Å². The standard InChI is InChI=1S/C10H20N2O/c1-4-7-12(8-5-2)9-11-10(13)6-3/h6H,3-5,7-9H2,1-2H3,(H,11,13). The second-order valence-corrected chi connectivity index (χ2v) is 3.02. The number of carbonyl (C=O) groups is 1. The normalized spacial score (nSPS) is 10.1. The van der Waals surface area contributed by atoms with Crippen molar-refractivity contribution in [3.05, 3.63) is 12.7 Å². The van der Waals surface area contributed by atoms with Gasteiger partial charge in [-0.1, -0.05) is 20.4 Å². The molecule has 0 aliphatic rings. The summed E-state index contributed by atoms with van der Waals surface area (Å²) in [4.78, 5) is 13.1. The molecule has 0 rings (SSSR count). The van der Waals surface area contributed by atoms with E-state index in [1.807, 2.05) is 0 Å². The van der Waals surface area contributed by atoms with Gasteiger partial charge in [0, 0.05) is 0 Å². The van der Waals surface area contributed by atoms with E-state index in [9.17, 15) is 4.79 Å². The first-order valence-electron chi connectivity index (χ1n) is 4.87. The van der Waals surface area contributed by atoms with Gasteiger partial charge >= 0.3 is 0 Å². The van der Waals surface area contributed by atoms with Crippen molar-refractivity contribution in [3.8, 4) is 0 Å². The third-order valence-electron chi connectivity index (χ3n) is 1.74. The van der Waals surface area contributed by atoms with Crippen molar-refractivity contribution in [1.29, 1.82) is 0 Å². The monoisotopic (exact) mass is 184 g/mol. The van der Waals surface area contributed by atoms with Gasteiger partial charge in [-0.25, -0.2) is 0 Å². The molecule has 0 aromatic heterocycles. The van der Waals surface area contributed by atoms with Crippen LogP contribution in [0.5, 0.6) is 0 Å². The fourth-order valence-corrected chi connectivity index (χ4v) is 1.16. The molecule has 0 bridgehead atoms. The summed E-state index contributed by atoms with van der Waals surface area (Å²) < 4.78 is 0. The summed E-state index contributed by atoms with van der Waals surface area (Å²) >= 11 is 0. The zero-order valence-electron chi connectivity index (χ0n) is 8.68. The highest BCUT2D eigenvalue weighted by Crippen LogP contribution is 1.91. The Hall–Kier alpha value is -0.830. The second-order valence-electron chi connectivity index (χ2n) is 3.02. The van der Waals surface area contributed by atoms with Gasteiger partial charge in [0.2, 0.25) is 5.91 Å². The minimum atomic E-state index is -0.0998. The summed E-state index contributed by atoms with van der Waals surface area (Å²) in [5, 5.41) is 2.77. The molecule has 0 aliphatic heterocycles. The first-order chi connectivity index (χ1) is 6.24. The number of nitrogens with zero attached hydrogens (tertiary/aromatic N) is 1. The van der Waals surface area contributed by atoms with E-state index in [2.05, 4.69) is 30.6 Å². The minimum Gasteiger partial charge on any atom is -0.340 e. The number of carbonyl (C=O) groups excluding carboxylic acids is 1. The Bertz CT molecular complexity index is 151. The van der Waals surface area contributed by atoms with Gasteiger partial charge in [0.1, 0.15) is 0 Å². The zero-order chi connectivity index (χ0) is 10.1. The lowest BCUT2D eigenvalue weighted by atomic mass is 10.4. The molecule has 0 saturated heterocycles. The van der Waals surface area contributed by atoms with E-state index in [1.54, 1.807) is 0 Å². The molecular formula is C10H20N2O. The van der Waals surface area contributed by atoms with Crippen molar-refractivity contribution in [3.63, 3.8) is 0 Å². The maximum atomic E-state index is 10.9. The van der Waals surface area contributed by atoms with E-state index in [0.717, 1.165) is 25.9 Å². The van der Waals surface area contributed by atoms with Crippen LogP contribution >= 0.6 is 0 Å². The fraction of sp³-hybridized carbons (Fsp3) is 0.700. The second kappa shape index (κ2) is 7.80. The molecule has 3 nitrogen and oxygen atoms in total. The van der Waals surface area contributed by atoms with Crippen LogP contribution in [-0.4, -0.2) is 30.6 Å². The first kappa shape index (κ1) is 12.2. The molecule has 0 spiro atoms. The van der Waals surface area contributed by atoms with Gasteiger partial charge in [-0.05, 0) is 32.0 Å². The quantitative estimate of drug-likeness (QED) is 0.479. The Kier molecular flexibility index (Phi) is 7.30. The van der Waals surface area contributed by atoms with Crippen LogP contribution in [0.25, 0.3) is 0 Å². The largest absolute Gasteiger partial charge is 0.340 e. The Balaban J connectivity index is 3.67. The van der Waals surface area contributed by atoms with Crippen LogP contribution in [0.2, 0.25) is 0 Å². The van der Waals surface area contributed by atoms with E-state index >= 15 is 0 Å². The highest BCUT2D eigenvalue weighted by Gasteiger charge is 2.02.